The van der Waals surface area contributed by atoms with Gasteiger partial charge in [-0.25, -0.2) is 4.98 Å². The van der Waals surface area contributed by atoms with E-state index in [4.69, 9.17) is 0 Å². The summed E-state index contributed by atoms with van der Waals surface area (Å²) in [5.41, 5.74) is 1.11. The Kier molecular flexibility index (Phi) is 5.44. The highest BCUT2D eigenvalue weighted by Crippen LogP contribution is 2.28. The van der Waals surface area contributed by atoms with E-state index >= 15 is 0 Å². The van der Waals surface area contributed by atoms with E-state index in [9.17, 15) is 4.79 Å². The number of hydrogen-bond acceptors (Lipinski definition) is 5. The molecule has 138 valence electrons. The summed E-state index contributed by atoms with van der Waals surface area (Å²) in [5.74, 6) is 0.894. The number of aromatic nitrogens is 2. The van der Waals surface area contributed by atoms with Crippen molar-refractivity contribution in [3.05, 3.63) is 76.9 Å². The molecule has 0 bridgehead atoms. The lowest BCUT2D eigenvalue weighted by Gasteiger charge is -2.33. The van der Waals surface area contributed by atoms with Gasteiger partial charge in [-0.2, -0.15) is 0 Å². The molecule has 0 saturated carbocycles. The molecule has 1 aliphatic heterocycles. The molecule has 1 fully saturated rings. The SMILES string of the molecule is O=C(N[C@@H](c1ccccc1)c1cccs1)[C@H]1CCCN(c2cnccn2)C1. The second-order valence-electron chi connectivity index (χ2n) is 6.72. The third-order valence-corrected chi connectivity index (χ3v) is 5.85. The van der Waals surface area contributed by atoms with Gasteiger partial charge in [-0.3, -0.25) is 9.78 Å². The molecule has 6 heteroatoms. The monoisotopic (exact) mass is 378 g/mol. The second kappa shape index (κ2) is 8.31. The Labute approximate surface area is 163 Å². The van der Waals surface area contributed by atoms with Gasteiger partial charge in [0, 0.05) is 30.4 Å². The molecule has 0 radical (unpaired) electrons. The van der Waals surface area contributed by atoms with Crippen LogP contribution in [0.3, 0.4) is 0 Å². The topological polar surface area (TPSA) is 58.1 Å². The Balaban J connectivity index is 1.49. The van der Waals surface area contributed by atoms with Gasteiger partial charge in [0.15, 0.2) is 0 Å². The van der Waals surface area contributed by atoms with E-state index < -0.39 is 0 Å². The van der Waals surface area contributed by atoms with Crippen LogP contribution in [0.1, 0.15) is 29.3 Å². The number of nitrogens with zero attached hydrogens (tertiary/aromatic N) is 3. The summed E-state index contributed by atoms with van der Waals surface area (Å²) in [7, 11) is 0. The molecule has 2 atom stereocenters. The smallest absolute Gasteiger partial charge is 0.225 e. The number of nitrogens with one attached hydrogen (secondary N) is 1. The fourth-order valence-electron chi connectivity index (χ4n) is 3.53. The quantitative estimate of drug-likeness (QED) is 0.736. The van der Waals surface area contributed by atoms with Crippen LogP contribution in [-0.2, 0) is 4.79 Å². The number of amides is 1. The molecule has 2 aromatic heterocycles. The van der Waals surface area contributed by atoms with Crippen LogP contribution < -0.4 is 10.2 Å². The first kappa shape index (κ1) is 17.7. The number of thiophene rings is 1. The van der Waals surface area contributed by atoms with Crippen molar-refractivity contribution in [1.82, 2.24) is 15.3 Å². The molecule has 1 aromatic carbocycles. The number of piperidine rings is 1. The van der Waals surface area contributed by atoms with Crippen molar-refractivity contribution >= 4 is 23.1 Å². The lowest BCUT2D eigenvalue weighted by molar-refractivity contribution is -0.125. The summed E-state index contributed by atoms with van der Waals surface area (Å²) >= 11 is 1.67. The van der Waals surface area contributed by atoms with Gasteiger partial charge in [-0.05, 0) is 29.9 Å². The predicted octanol–water partition coefficient (Wildman–Crippen LogP) is 3.66. The maximum absolute atomic E-state index is 13.1. The van der Waals surface area contributed by atoms with E-state index in [2.05, 4.69) is 38.4 Å². The van der Waals surface area contributed by atoms with Gasteiger partial charge >= 0.3 is 0 Å². The highest BCUT2D eigenvalue weighted by atomic mass is 32.1. The molecule has 27 heavy (non-hydrogen) atoms. The first-order valence-electron chi connectivity index (χ1n) is 9.21. The van der Waals surface area contributed by atoms with Gasteiger partial charge in [-0.15, -0.1) is 11.3 Å². The van der Waals surface area contributed by atoms with Crippen LogP contribution in [0.25, 0.3) is 0 Å². The third kappa shape index (κ3) is 4.17. The van der Waals surface area contributed by atoms with E-state index in [0.717, 1.165) is 35.6 Å². The molecule has 4 rings (SSSR count). The van der Waals surface area contributed by atoms with E-state index in [-0.39, 0.29) is 17.9 Å². The van der Waals surface area contributed by atoms with Crippen LogP contribution in [0.5, 0.6) is 0 Å². The average molecular weight is 379 g/mol. The van der Waals surface area contributed by atoms with E-state index in [1.165, 1.54) is 0 Å². The summed E-state index contributed by atoms with van der Waals surface area (Å²) in [6.07, 6.45) is 7.00. The van der Waals surface area contributed by atoms with Crippen LogP contribution in [0.4, 0.5) is 5.82 Å². The number of benzene rings is 1. The largest absolute Gasteiger partial charge is 0.355 e. The molecule has 0 unspecified atom stereocenters. The summed E-state index contributed by atoms with van der Waals surface area (Å²) in [4.78, 5) is 24.9. The van der Waals surface area contributed by atoms with Crippen LogP contribution >= 0.6 is 11.3 Å². The van der Waals surface area contributed by atoms with Gasteiger partial charge in [0.25, 0.3) is 0 Å². The maximum Gasteiger partial charge on any atom is 0.225 e. The molecule has 3 heterocycles. The second-order valence-corrected chi connectivity index (χ2v) is 7.70. The summed E-state index contributed by atoms with van der Waals surface area (Å²) < 4.78 is 0. The number of carbonyl (C=O) groups is 1. The Morgan fingerprint density at radius 2 is 2.07 bits per heavy atom. The number of carbonyl (C=O) groups excluding carboxylic acids is 1. The minimum atomic E-state index is -0.106. The minimum absolute atomic E-state index is 0.0491. The zero-order valence-electron chi connectivity index (χ0n) is 15.0. The summed E-state index contributed by atoms with van der Waals surface area (Å²) in [6, 6.07) is 14.2. The van der Waals surface area contributed by atoms with Gasteiger partial charge in [-0.1, -0.05) is 36.4 Å². The van der Waals surface area contributed by atoms with E-state index in [1.54, 1.807) is 29.9 Å². The van der Waals surface area contributed by atoms with Crippen molar-refractivity contribution in [1.29, 1.82) is 0 Å². The fourth-order valence-corrected chi connectivity index (χ4v) is 4.34. The van der Waals surface area contributed by atoms with Crippen LogP contribution in [-0.4, -0.2) is 29.0 Å². The van der Waals surface area contributed by atoms with Crippen molar-refractivity contribution < 1.29 is 4.79 Å². The minimum Gasteiger partial charge on any atom is -0.355 e. The Bertz CT molecular complexity index is 854. The van der Waals surface area contributed by atoms with Gasteiger partial charge in [0.2, 0.25) is 5.91 Å². The molecule has 1 saturated heterocycles. The van der Waals surface area contributed by atoms with Gasteiger partial charge < -0.3 is 10.2 Å². The van der Waals surface area contributed by atoms with E-state index in [1.807, 2.05) is 29.6 Å². The molecular weight excluding hydrogens is 356 g/mol. The third-order valence-electron chi connectivity index (χ3n) is 4.91. The first-order valence-corrected chi connectivity index (χ1v) is 10.1. The zero-order chi connectivity index (χ0) is 18.5. The lowest BCUT2D eigenvalue weighted by Crippen LogP contribution is -2.44. The van der Waals surface area contributed by atoms with Crippen LogP contribution in [0.2, 0.25) is 0 Å². The van der Waals surface area contributed by atoms with Crippen molar-refractivity contribution in [2.45, 2.75) is 18.9 Å². The number of hydrogen-bond donors (Lipinski definition) is 1. The van der Waals surface area contributed by atoms with Gasteiger partial charge in [0.1, 0.15) is 5.82 Å². The van der Waals surface area contributed by atoms with Crippen LogP contribution in [0, 0.1) is 5.92 Å². The average Bonchev–Trinajstić information content (AvgIpc) is 3.28. The van der Waals surface area contributed by atoms with Crippen molar-refractivity contribution in [3.63, 3.8) is 0 Å². The Hall–Kier alpha value is -2.73. The fraction of sp³-hybridized carbons (Fsp3) is 0.286. The molecule has 5 nitrogen and oxygen atoms in total. The molecular formula is C21H22N4OS. The maximum atomic E-state index is 13.1. The van der Waals surface area contributed by atoms with Crippen LogP contribution in [0.15, 0.2) is 66.4 Å². The van der Waals surface area contributed by atoms with Gasteiger partial charge in [0.05, 0.1) is 18.2 Å². The number of rotatable bonds is 5. The molecule has 0 spiro atoms. The van der Waals surface area contributed by atoms with Crippen molar-refractivity contribution in [2.75, 3.05) is 18.0 Å². The Morgan fingerprint density at radius 3 is 2.81 bits per heavy atom. The highest BCUT2D eigenvalue weighted by Gasteiger charge is 2.29. The molecule has 1 amide bonds. The summed E-state index contributed by atoms with van der Waals surface area (Å²) in [6.45, 7) is 1.59. The molecule has 0 aliphatic carbocycles. The van der Waals surface area contributed by atoms with E-state index in [0.29, 0.717) is 6.54 Å². The number of anilines is 1. The predicted molar refractivity (Wildman–Crippen MR) is 108 cm³/mol. The molecule has 1 aliphatic rings. The van der Waals surface area contributed by atoms with Crippen molar-refractivity contribution in [2.24, 2.45) is 5.92 Å². The zero-order valence-corrected chi connectivity index (χ0v) is 15.8. The standard InChI is InChI=1S/C21H22N4OS/c26-21(17-8-4-12-25(15-17)19-14-22-10-11-23-19)24-20(18-9-5-13-27-18)16-6-2-1-3-7-16/h1-3,5-7,9-11,13-14,17,20H,4,8,12,15H2,(H,24,26)/t17-,20-/m0/s1. The molecule has 1 N–H and O–H groups in total. The Morgan fingerprint density at radius 1 is 1.19 bits per heavy atom. The first-order chi connectivity index (χ1) is 13.3. The lowest BCUT2D eigenvalue weighted by atomic mass is 9.96. The summed E-state index contributed by atoms with van der Waals surface area (Å²) in [5, 5.41) is 5.34. The highest BCUT2D eigenvalue weighted by molar-refractivity contribution is 7.10. The van der Waals surface area contributed by atoms with Crippen molar-refractivity contribution in [3.8, 4) is 0 Å². The molecule has 3 aromatic rings. The normalized spacial score (nSPS) is 18.1.